The van der Waals surface area contributed by atoms with Crippen LogP contribution in [-0.2, 0) is 0 Å². The summed E-state index contributed by atoms with van der Waals surface area (Å²) >= 11 is 0. The minimum atomic E-state index is 1.39. The maximum absolute atomic E-state index is 4.78. The van der Waals surface area contributed by atoms with E-state index in [0.717, 1.165) is 0 Å². The second-order valence-corrected chi connectivity index (χ2v) is 0.428. The van der Waals surface area contributed by atoms with E-state index in [1.54, 1.807) is 0 Å². The van der Waals surface area contributed by atoms with Crippen LogP contribution in [0, 0.1) is 0 Å². The number of hydrogen-bond acceptors (Lipinski definition) is 0. The van der Waals surface area contributed by atoms with Gasteiger partial charge in [-0.1, -0.05) is 6.58 Å². The molecule has 2 N–H and O–H groups in total. The molecule has 0 unspecified atom stereocenters. The highest BCUT2D eigenvalue weighted by Crippen LogP contribution is 1.30. The molecule has 0 fully saturated rings. The van der Waals surface area contributed by atoms with Crippen LogP contribution in [0.3, 0.4) is 0 Å². The van der Waals surface area contributed by atoms with Gasteiger partial charge in [0.1, 0.15) is 0 Å². The molecule has 0 aromatic heterocycles. The van der Waals surface area contributed by atoms with E-state index >= 15 is 0 Å². The third-order valence-corrected chi connectivity index (χ3v) is 0.136. The van der Waals surface area contributed by atoms with Crippen molar-refractivity contribution < 1.29 is 5.41 Å². The predicted octanol–water partition coefficient (Wildman–Crippen LogP) is -0.998. The van der Waals surface area contributed by atoms with Gasteiger partial charge in [-0.3, -0.25) is 5.41 Å². The van der Waals surface area contributed by atoms with Gasteiger partial charge in [0.05, 0.1) is 0 Å². The van der Waals surface area contributed by atoms with E-state index in [1.807, 2.05) is 0 Å². The molecule has 1 nitrogen and oxygen atoms in total. The third kappa shape index (κ3) is 1.41. The van der Waals surface area contributed by atoms with Crippen LogP contribution in [0.1, 0.15) is 0 Å². The normalized spacial score (nSPS) is 5.00. The molecule has 0 spiro atoms. The molecule has 1 heteroatoms. The van der Waals surface area contributed by atoms with Gasteiger partial charge in [0.25, 0.3) is 0 Å². The molecule has 0 radical (unpaired) electrons. The van der Waals surface area contributed by atoms with Crippen LogP contribution < -0.4 is 5.41 Å². The lowest BCUT2D eigenvalue weighted by Crippen LogP contribution is -2.27. The molecule has 0 amide bonds. The summed E-state index contributed by atoms with van der Waals surface area (Å²) in [6.45, 7) is 3.30. The van der Waals surface area contributed by atoms with Gasteiger partial charge in [-0.05, 0) is 6.08 Å². The number of allylic oxidation sites excluding steroid dienone is 1. The van der Waals surface area contributed by atoms with E-state index in [1.165, 1.54) is 12.3 Å². The van der Waals surface area contributed by atoms with E-state index in [2.05, 4.69) is 6.58 Å². The Balaban J connectivity index is 2.73. The first-order valence-corrected chi connectivity index (χ1v) is 1.07. The maximum atomic E-state index is 4.78. The van der Waals surface area contributed by atoms with Crippen LogP contribution in [0.4, 0.5) is 0 Å². The molecular weight excluding hydrogens is 50.0 g/mol. The molecule has 22 valence electrons. The van der Waals surface area contributed by atoms with Gasteiger partial charge in [0, 0.05) is 0 Å². The Hall–Kier alpha value is -0.590. The average Bonchev–Trinajstić information content (AvgIpc) is 1.37. The standard InChI is InChI=1S/C3H5N/c1-2-3-4/h2-4H,1H2/p+1. The fraction of sp³-hybridized carbons (Fsp3) is 0. The molecule has 0 aliphatic carbocycles. The summed E-state index contributed by atoms with van der Waals surface area (Å²) in [4.78, 5) is 0. The zero-order valence-electron chi connectivity index (χ0n) is 2.44. The Morgan fingerprint density at radius 3 is 2.00 bits per heavy atom. The fourth-order valence-corrected chi connectivity index (χ4v) is 0. The summed E-state index contributed by atoms with van der Waals surface area (Å²) in [5, 5.41) is 4.78. The lowest BCUT2D eigenvalue weighted by molar-refractivity contribution is -0.104. The van der Waals surface area contributed by atoms with Crippen LogP contribution in [-0.4, -0.2) is 6.21 Å². The molecule has 0 saturated carbocycles. The number of nitrogens with two attached hydrogens (primary N) is 1. The smallest absolute Gasteiger partial charge is 0.159 e. The van der Waals surface area contributed by atoms with Crippen LogP contribution in [0.2, 0.25) is 0 Å². The zero-order chi connectivity index (χ0) is 3.41. The molecule has 0 saturated heterocycles. The van der Waals surface area contributed by atoms with E-state index in [-0.39, 0.29) is 0 Å². The molecule has 0 aliphatic heterocycles. The van der Waals surface area contributed by atoms with Crippen molar-refractivity contribution in [1.29, 1.82) is 0 Å². The predicted molar refractivity (Wildman–Crippen MR) is 18.2 cm³/mol. The Morgan fingerprint density at radius 1 is 1.75 bits per heavy atom. The SMILES string of the molecule is C=CC=[NH2+]. The van der Waals surface area contributed by atoms with E-state index in [4.69, 9.17) is 5.41 Å². The maximum Gasteiger partial charge on any atom is 0.159 e. The first-order valence-electron chi connectivity index (χ1n) is 1.07. The summed E-state index contributed by atoms with van der Waals surface area (Å²) in [5.41, 5.74) is 0. The van der Waals surface area contributed by atoms with Gasteiger partial charge < -0.3 is 0 Å². The minimum absolute atomic E-state index is 1.39. The van der Waals surface area contributed by atoms with Crippen molar-refractivity contribution in [2.75, 3.05) is 0 Å². The highest BCUT2D eigenvalue weighted by atomic mass is 14.3. The van der Waals surface area contributed by atoms with Crippen LogP contribution in [0.5, 0.6) is 0 Å². The molecule has 0 aromatic carbocycles. The molecule has 0 atom stereocenters. The van der Waals surface area contributed by atoms with Crippen molar-refractivity contribution in [2.45, 2.75) is 0 Å². The van der Waals surface area contributed by atoms with Gasteiger partial charge in [-0.25, -0.2) is 0 Å². The van der Waals surface area contributed by atoms with Gasteiger partial charge >= 0.3 is 0 Å². The van der Waals surface area contributed by atoms with E-state index in [0.29, 0.717) is 0 Å². The van der Waals surface area contributed by atoms with Crippen molar-refractivity contribution in [3.8, 4) is 0 Å². The minimum Gasteiger partial charge on any atom is -0.261 e. The average molecular weight is 56.1 g/mol. The highest BCUT2D eigenvalue weighted by molar-refractivity contribution is 5.63. The summed E-state index contributed by atoms with van der Waals surface area (Å²) in [5.74, 6) is 0. The van der Waals surface area contributed by atoms with Crippen LogP contribution in [0.15, 0.2) is 12.7 Å². The largest absolute Gasteiger partial charge is 0.261 e. The summed E-state index contributed by atoms with van der Waals surface area (Å²) < 4.78 is 0. The Labute approximate surface area is 25.5 Å². The van der Waals surface area contributed by atoms with Gasteiger partial charge in [0.2, 0.25) is 0 Å². The third-order valence-electron chi connectivity index (χ3n) is 0.136. The van der Waals surface area contributed by atoms with E-state index in [9.17, 15) is 0 Å². The zero-order valence-corrected chi connectivity index (χ0v) is 2.44. The first-order chi connectivity index (χ1) is 1.91. The Bertz CT molecular complexity index is 24.3. The van der Waals surface area contributed by atoms with Gasteiger partial charge in [-0.2, -0.15) is 0 Å². The van der Waals surface area contributed by atoms with Gasteiger partial charge in [-0.15, -0.1) is 0 Å². The topological polar surface area (TPSA) is 25.6 Å². The number of hydrogen-bond donors (Lipinski definition) is 1. The van der Waals surface area contributed by atoms with E-state index < -0.39 is 0 Å². The Kier molecular flexibility index (Phi) is 2.05. The van der Waals surface area contributed by atoms with Crippen LogP contribution in [0.25, 0.3) is 0 Å². The fourth-order valence-electron chi connectivity index (χ4n) is 0. The molecule has 0 bridgehead atoms. The lowest BCUT2D eigenvalue weighted by atomic mass is 10.7. The summed E-state index contributed by atoms with van der Waals surface area (Å²) in [6.07, 6.45) is 2.92. The van der Waals surface area contributed by atoms with Crippen molar-refractivity contribution >= 4 is 6.21 Å². The second kappa shape index (κ2) is 2.41. The quantitative estimate of drug-likeness (QED) is 0.373. The second-order valence-electron chi connectivity index (χ2n) is 0.428. The highest BCUT2D eigenvalue weighted by Gasteiger charge is 1.40. The van der Waals surface area contributed by atoms with Crippen LogP contribution >= 0.6 is 0 Å². The Morgan fingerprint density at radius 2 is 2.00 bits per heavy atom. The molecule has 4 heavy (non-hydrogen) atoms. The molecular formula is C3H6N+. The first kappa shape index (κ1) is 3.41. The monoisotopic (exact) mass is 56.0 g/mol. The van der Waals surface area contributed by atoms with Gasteiger partial charge in [0.15, 0.2) is 6.21 Å². The van der Waals surface area contributed by atoms with Crippen molar-refractivity contribution in [3.05, 3.63) is 12.7 Å². The van der Waals surface area contributed by atoms with Crippen molar-refractivity contribution in [3.63, 3.8) is 0 Å². The lowest BCUT2D eigenvalue weighted by Gasteiger charge is -1.35. The van der Waals surface area contributed by atoms with Crippen molar-refractivity contribution in [1.82, 2.24) is 0 Å². The molecule has 0 aliphatic rings. The molecule has 0 aromatic rings. The van der Waals surface area contributed by atoms with Crippen molar-refractivity contribution in [2.24, 2.45) is 0 Å². The summed E-state index contributed by atoms with van der Waals surface area (Å²) in [7, 11) is 0. The molecule has 0 heterocycles. The number of rotatable bonds is 1. The molecule has 0 rings (SSSR count). The summed E-state index contributed by atoms with van der Waals surface area (Å²) in [6, 6.07) is 0.